The lowest BCUT2D eigenvalue weighted by Crippen LogP contribution is -2.32. The van der Waals surface area contributed by atoms with Crippen LogP contribution in [0.2, 0.25) is 5.02 Å². The molecular weight excluding hydrogens is 434 g/mol. The summed E-state index contributed by atoms with van der Waals surface area (Å²) in [5.41, 5.74) is 4.54. The summed E-state index contributed by atoms with van der Waals surface area (Å²) in [6.07, 6.45) is 2.38. The number of hydrogen-bond donors (Lipinski definition) is 1. The number of carbonyl (C=O) groups excluding carboxylic acids is 2. The van der Waals surface area contributed by atoms with E-state index in [1.54, 1.807) is 6.07 Å². The van der Waals surface area contributed by atoms with Gasteiger partial charge in [-0.1, -0.05) is 48.0 Å². The maximum Gasteiger partial charge on any atom is 0.282 e. The van der Waals surface area contributed by atoms with Gasteiger partial charge in [0.05, 0.1) is 11.3 Å². The van der Waals surface area contributed by atoms with Gasteiger partial charge in [-0.2, -0.15) is 0 Å². The first kappa shape index (κ1) is 21.3. The highest BCUT2D eigenvalue weighted by molar-refractivity contribution is 6.46. The molecule has 3 aromatic carbocycles. The lowest BCUT2D eigenvalue weighted by molar-refractivity contribution is -0.120. The Hall–Kier alpha value is -3.57. The number of rotatable bonds is 5. The van der Waals surface area contributed by atoms with Crippen LogP contribution in [0.1, 0.15) is 24.0 Å². The van der Waals surface area contributed by atoms with Crippen LogP contribution in [0, 0.1) is 6.92 Å². The van der Waals surface area contributed by atoms with E-state index < -0.39 is 0 Å². The molecule has 0 bridgehead atoms. The fourth-order valence-electron chi connectivity index (χ4n) is 4.36. The Labute approximate surface area is 198 Å². The van der Waals surface area contributed by atoms with Gasteiger partial charge in [0, 0.05) is 29.5 Å². The molecule has 0 spiro atoms. The predicted octanol–water partition coefficient (Wildman–Crippen LogP) is 5.65. The van der Waals surface area contributed by atoms with Crippen LogP contribution in [0.3, 0.4) is 0 Å². The van der Waals surface area contributed by atoms with Gasteiger partial charge in [-0.3, -0.25) is 9.59 Å². The smallest absolute Gasteiger partial charge is 0.282 e. The van der Waals surface area contributed by atoms with Crippen molar-refractivity contribution in [3.63, 3.8) is 0 Å². The standard InChI is InChI=1S/C27H24ClN3O2/c1-18-9-10-20(17-23(18)28)29-25-24(19-7-3-2-4-8-19)26(32)31(27(25)33)22-13-11-21(12-14-22)30-15-5-6-16-30/h2-4,7-14,17,29H,5-6,15-16H2,1H3. The molecule has 0 atom stereocenters. The molecule has 33 heavy (non-hydrogen) atoms. The molecule has 3 aromatic rings. The maximum absolute atomic E-state index is 13.6. The van der Waals surface area contributed by atoms with Gasteiger partial charge in [0.15, 0.2) is 0 Å². The zero-order chi connectivity index (χ0) is 22.9. The molecule has 166 valence electrons. The zero-order valence-corrected chi connectivity index (χ0v) is 19.1. The molecule has 5 rings (SSSR count). The van der Waals surface area contributed by atoms with Crippen molar-refractivity contribution < 1.29 is 9.59 Å². The minimum atomic E-state index is -0.385. The van der Waals surface area contributed by atoms with Crippen molar-refractivity contribution in [1.29, 1.82) is 0 Å². The highest BCUT2D eigenvalue weighted by atomic mass is 35.5. The normalized spacial score (nSPS) is 16.2. The minimum absolute atomic E-state index is 0.245. The predicted molar refractivity (Wildman–Crippen MR) is 134 cm³/mol. The van der Waals surface area contributed by atoms with Crippen LogP contribution in [0.4, 0.5) is 17.1 Å². The molecule has 1 saturated heterocycles. The van der Waals surface area contributed by atoms with E-state index in [9.17, 15) is 9.59 Å². The van der Waals surface area contributed by atoms with Crippen molar-refractivity contribution in [3.8, 4) is 0 Å². The largest absolute Gasteiger partial charge is 0.372 e. The van der Waals surface area contributed by atoms with E-state index >= 15 is 0 Å². The van der Waals surface area contributed by atoms with Crippen molar-refractivity contribution in [2.45, 2.75) is 19.8 Å². The van der Waals surface area contributed by atoms with Crippen LogP contribution in [-0.2, 0) is 9.59 Å². The Morgan fingerprint density at radius 3 is 2.15 bits per heavy atom. The van der Waals surface area contributed by atoms with Crippen LogP contribution < -0.4 is 15.1 Å². The summed E-state index contributed by atoms with van der Waals surface area (Å²) >= 11 is 6.29. The van der Waals surface area contributed by atoms with Gasteiger partial charge in [-0.05, 0) is 67.3 Å². The van der Waals surface area contributed by atoms with E-state index in [4.69, 9.17) is 11.6 Å². The van der Waals surface area contributed by atoms with Crippen molar-refractivity contribution in [3.05, 3.63) is 94.6 Å². The number of halogens is 1. The van der Waals surface area contributed by atoms with Crippen LogP contribution >= 0.6 is 11.6 Å². The Morgan fingerprint density at radius 1 is 0.818 bits per heavy atom. The molecule has 0 aromatic heterocycles. The van der Waals surface area contributed by atoms with Gasteiger partial charge in [-0.15, -0.1) is 0 Å². The van der Waals surface area contributed by atoms with E-state index in [2.05, 4.69) is 10.2 Å². The van der Waals surface area contributed by atoms with E-state index in [1.165, 1.54) is 17.7 Å². The van der Waals surface area contributed by atoms with Crippen molar-refractivity contribution in [2.75, 3.05) is 28.2 Å². The van der Waals surface area contributed by atoms with Crippen molar-refractivity contribution >= 4 is 46.1 Å². The number of nitrogens with zero attached hydrogens (tertiary/aromatic N) is 2. The van der Waals surface area contributed by atoms with Gasteiger partial charge < -0.3 is 10.2 Å². The molecule has 0 aliphatic carbocycles. The number of aryl methyl sites for hydroxylation is 1. The van der Waals surface area contributed by atoms with Gasteiger partial charge in [-0.25, -0.2) is 4.90 Å². The number of amides is 2. The Bertz CT molecular complexity index is 1250. The number of anilines is 3. The monoisotopic (exact) mass is 457 g/mol. The molecule has 2 aliphatic heterocycles. The summed E-state index contributed by atoms with van der Waals surface area (Å²) in [5, 5.41) is 3.76. The minimum Gasteiger partial charge on any atom is -0.372 e. The fraction of sp³-hybridized carbons (Fsp3) is 0.185. The summed E-state index contributed by atoms with van der Waals surface area (Å²) in [6, 6.07) is 22.4. The third-order valence-corrected chi connectivity index (χ3v) is 6.57. The second-order valence-electron chi connectivity index (χ2n) is 8.36. The highest BCUT2D eigenvalue weighted by Crippen LogP contribution is 2.35. The molecule has 6 heteroatoms. The first-order valence-corrected chi connectivity index (χ1v) is 11.5. The molecule has 5 nitrogen and oxygen atoms in total. The Balaban J connectivity index is 1.51. The van der Waals surface area contributed by atoms with Gasteiger partial charge in [0.25, 0.3) is 11.8 Å². The topological polar surface area (TPSA) is 52.7 Å². The van der Waals surface area contributed by atoms with Crippen LogP contribution in [-0.4, -0.2) is 24.9 Å². The number of benzene rings is 3. The fourth-order valence-corrected chi connectivity index (χ4v) is 4.54. The number of hydrogen-bond acceptors (Lipinski definition) is 4. The zero-order valence-electron chi connectivity index (χ0n) is 18.3. The third kappa shape index (κ3) is 4.00. The molecular formula is C27H24ClN3O2. The summed E-state index contributed by atoms with van der Waals surface area (Å²) in [7, 11) is 0. The van der Waals surface area contributed by atoms with E-state index in [1.807, 2.05) is 73.7 Å². The number of carbonyl (C=O) groups is 2. The van der Waals surface area contributed by atoms with Gasteiger partial charge in [0.1, 0.15) is 5.70 Å². The SMILES string of the molecule is Cc1ccc(NC2=C(c3ccccc3)C(=O)N(c3ccc(N4CCCC4)cc3)C2=O)cc1Cl. The first-order valence-electron chi connectivity index (χ1n) is 11.1. The summed E-state index contributed by atoms with van der Waals surface area (Å²) < 4.78 is 0. The quantitative estimate of drug-likeness (QED) is 0.503. The maximum atomic E-state index is 13.6. The molecule has 2 heterocycles. The Morgan fingerprint density at radius 2 is 1.48 bits per heavy atom. The molecule has 0 saturated carbocycles. The van der Waals surface area contributed by atoms with Crippen LogP contribution in [0.25, 0.3) is 5.57 Å². The summed E-state index contributed by atoms with van der Waals surface area (Å²) in [4.78, 5) is 30.7. The van der Waals surface area contributed by atoms with E-state index in [0.29, 0.717) is 27.5 Å². The number of nitrogens with one attached hydrogen (secondary N) is 1. The average molecular weight is 458 g/mol. The molecule has 1 fully saturated rings. The third-order valence-electron chi connectivity index (χ3n) is 6.17. The summed E-state index contributed by atoms with van der Waals surface area (Å²) in [5.74, 6) is -0.731. The Kier molecular flexibility index (Phi) is 5.65. The lowest BCUT2D eigenvalue weighted by Gasteiger charge is -2.20. The van der Waals surface area contributed by atoms with Crippen molar-refractivity contribution in [2.24, 2.45) is 0 Å². The van der Waals surface area contributed by atoms with Crippen molar-refractivity contribution in [1.82, 2.24) is 0 Å². The van der Waals surface area contributed by atoms with E-state index in [0.717, 1.165) is 24.3 Å². The molecule has 2 amide bonds. The lowest BCUT2D eigenvalue weighted by atomic mass is 10.0. The molecule has 1 N–H and O–H groups in total. The van der Waals surface area contributed by atoms with Crippen LogP contribution in [0.5, 0.6) is 0 Å². The molecule has 0 radical (unpaired) electrons. The van der Waals surface area contributed by atoms with Gasteiger partial charge >= 0.3 is 0 Å². The summed E-state index contributed by atoms with van der Waals surface area (Å²) in [6.45, 7) is 3.99. The van der Waals surface area contributed by atoms with E-state index in [-0.39, 0.29) is 17.5 Å². The van der Waals surface area contributed by atoms with Crippen LogP contribution in [0.15, 0.2) is 78.5 Å². The second-order valence-corrected chi connectivity index (χ2v) is 8.77. The molecule has 2 aliphatic rings. The average Bonchev–Trinajstić information content (AvgIpc) is 3.44. The second kappa shape index (κ2) is 8.75. The van der Waals surface area contributed by atoms with Gasteiger partial charge in [0.2, 0.25) is 0 Å². The first-order chi connectivity index (χ1) is 16.0. The number of imide groups is 1. The molecule has 0 unspecified atom stereocenters. The highest BCUT2D eigenvalue weighted by Gasteiger charge is 2.40.